The molecule has 0 bridgehead atoms. The molecule has 1 N–H and O–H groups in total. The van der Waals surface area contributed by atoms with Gasteiger partial charge in [0.1, 0.15) is 0 Å². The van der Waals surface area contributed by atoms with Gasteiger partial charge in [0.2, 0.25) is 0 Å². The highest BCUT2D eigenvalue weighted by atomic mass is 16.3. The zero-order valence-electron chi connectivity index (χ0n) is 19.6. The van der Waals surface area contributed by atoms with Crippen molar-refractivity contribution in [3.05, 3.63) is 0 Å². The molecule has 4 saturated carbocycles. The Hall–Kier alpha value is -0.0400. The first kappa shape index (κ1) is 21.2. The molecule has 4 rings (SSSR count). The number of fused-ring (bicyclic) bond motifs is 5. The average Bonchev–Trinajstić information content (AvgIpc) is 2.99. The predicted molar refractivity (Wildman–Crippen MR) is 119 cm³/mol. The van der Waals surface area contributed by atoms with Crippen molar-refractivity contribution in [2.45, 2.75) is 118 Å². The van der Waals surface area contributed by atoms with E-state index >= 15 is 0 Å². The summed E-state index contributed by atoms with van der Waals surface area (Å²) in [6.45, 7) is 12.6. The second-order valence-corrected chi connectivity index (χ2v) is 12.6. The van der Waals surface area contributed by atoms with Crippen LogP contribution in [0, 0.1) is 52.3 Å². The minimum atomic E-state index is -0.0132. The SMILES string of the molecule is CC(C)CCC[C@@H](C)[C@H]1CC[C@H]2[C@@H]3C(O)CC4CCCC[C@]4(C)[C@H]3CC[C@]12C. The fraction of sp³-hybridized carbons (Fsp3) is 1.00. The van der Waals surface area contributed by atoms with Crippen LogP contribution in [0.5, 0.6) is 0 Å². The third-order valence-electron chi connectivity index (χ3n) is 10.8. The zero-order chi connectivity index (χ0) is 20.1. The molecule has 0 aromatic carbocycles. The third-order valence-corrected chi connectivity index (χ3v) is 10.8. The molecule has 0 saturated heterocycles. The van der Waals surface area contributed by atoms with Crippen LogP contribution in [-0.2, 0) is 0 Å². The summed E-state index contributed by atoms with van der Waals surface area (Å²) in [7, 11) is 0. The lowest BCUT2D eigenvalue weighted by Crippen LogP contribution is -2.57. The summed E-state index contributed by atoms with van der Waals surface area (Å²) in [5.41, 5.74) is 1.03. The molecule has 4 aliphatic rings. The molecule has 1 nitrogen and oxygen atoms in total. The van der Waals surface area contributed by atoms with Gasteiger partial charge >= 0.3 is 0 Å². The Morgan fingerprint density at radius 2 is 1.61 bits per heavy atom. The van der Waals surface area contributed by atoms with Crippen LogP contribution in [0.2, 0.25) is 0 Å². The van der Waals surface area contributed by atoms with Crippen LogP contribution >= 0.6 is 0 Å². The molecule has 0 aromatic rings. The normalized spacial score (nSPS) is 49.4. The van der Waals surface area contributed by atoms with Gasteiger partial charge in [-0.05, 0) is 97.2 Å². The quantitative estimate of drug-likeness (QED) is 0.518. The molecule has 28 heavy (non-hydrogen) atoms. The maximum Gasteiger partial charge on any atom is 0.0577 e. The van der Waals surface area contributed by atoms with Gasteiger partial charge in [-0.1, -0.05) is 66.7 Å². The molecule has 9 atom stereocenters. The smallest absolute Gasteiger partial charge is 0.0577 e. The Morgan fingerprint density at radius 3 is 2.36 bits per heavy atom. The number of aliphatic hydroxyl groups excluding tert-OH is 1. The van der Waals surface area contributed by atoms with E-state index in [1.54, 1.807) is 0 Å². The van der Waals surface area contributed by atoms with E-state index < -0.39 is 0 Å². The van der Waals surface area contributed by atoms with Crippen molar-refractivity contribution < 1.29 is 5.11 Å². The molecule has 0 heterocycles. The summed E-state index contributed by atoms with van der Waals surface area (Å²) in [5.74, 6) is 5.60. The van der Waals surface area contributed by atoms with E-state index in [-0.39, 0.29) is 6.10 Å². The maximum atomic E-state index is 11.3. The Kier molecular flexibility index (Phi) is 5.98. The molecule has 4 aliphatic carbocycles. The highest BCUT2D eigenvalue weighted by molar-refractivity contribution is 5.11. The number of rotatable bonds is 5. The van der Waals surface area contributed by atoms with E-state index in [2.05, 4.69) is 34.6 Å². The monoisotopic (exact) mass is 388 g/mol. The van der Waals surface area contributed by atoms with Gasteiger partial charge in [0.15, 0.2) is 0 Å². The van der Waals surface area contributed by atoms with Gasteiger partial charge in [0, 0.05) is 0 Å². The van der Waals surface area contributed by atoms with Crippen LogP contribution in [0.4, 0.5) is 0 Å². The van der Waals surface area contributed by atoms with Gasteiger partial charge in [-0.3, -0.25) is 0 Å². The summed E-state index contributed by atoms with van der Waals surface area (Å²) >= 11 is 0. The lowest BCUT2D eigenvalue weighted by Gasteiger charge is -2.62. The molecule has 0 aliphatic heterocycles. The van der Waals surface area contributed by atoms with Gasteiger partial charge in [0.25, 0.3) is 0 Å². The summed E-state index contributed by atoms with van der Waals surface area (Å²) in [4.78, 5) is 0. The first-order valence-electron chi connectivity index (χ1n) is 13.0. The van der Waals surface area contributed by atoms with Gasteiger partial charge in [0.05, 0.1) is 6.10 Å². The van der Waals surface area contributed by atoms with Gasteiger partial charge in [-0.2, -0.15) is 0 Å². The van der Waals surface area contributed by atoms with Crippen molar-refractivity contribution in [2.24, 2.45) is 52.3 Å². The molecule has 0 amide bonds. The number of hydrogen-bond acceptors (Lipinski definition) is 1. The molecule has 4 fully saturated rings. The van der Waals surface area contributed by atoms with Crippen molar-refractivity contribution in [2.75, 3.05) is 0 Å². The fourth-order valence-corrected chi connectivity index (χ4v) is 9.28. The topological polar surface area (TPSA) is 20.2 Å². The van der Waals surface area contributed by atoms with E-state index in [0.717, 1.165) is 41.9 Å². The molecule has 0 radical (unpaired) electrons. The van der Waals surface area contributed by atoms with Crippen LogP contribution in [-0.4, -0.2) is 11.2 Å². The lowest BCUT2D eigenvalue weighted by molar-refractivity contribution is -0.164. The second kappa shape index (κ2) is 7.90. The molecular formula is C27H48O. The van der Waals surface area contributed by atoms with Crippen molar-refractivity contribution in [1.82, 2.24) is 0 Å². The number of aliphatic hydroxyl groups is 1. The zero-order valence-corrected chi connectivity index (χ0v) is 19.6. The first-order chi connectivity index (χ1) is 13.3. The van der Waals surface area contributed by atoms with Crippen molar-refractivity contribution in [1.29, 1.82) is 0 Å². The van der Waals surface area contributed by atoms with Crippen LogP contribution in [0.15, 0.2) is 0 Å². The largest absolute Gasteiger partial charge is 0.393 e. The third kappa shape index (κ3) is 3.40. The average molecular weight is 389 g/mol. The van der Waals surface area contributed by atoms with Crippen molar-refractivity contribution in [3.8, 4) is 0 Å². The van der Waals surface area contributed by atoms with Crippen LogP contribution in [0.25, 0.3) is 0 Å². The minimum Gasteiger partial charge on any atom is -0.393 e. The predicted octanol–water partition coefficient (Wildman–Crippen LogP) is 7.47. The van der Waals surface area contributed by atoms with E-state index in [4.69, 9.17) is 0 Å². The highest BCUT2D eigenvalue weighted by Crippen LogP contribution is 2.68. The van der Waals surface area contributed by atoms with E-state index in [1.807, 2.05) is 0 Å². The molecule has 2 unspecified atom stereocenters. The van der Waals surface area contributed by atoms with Crippen molar-refractivity contribution in [3.63, 3.8) is 0 Å². The Morgan fingerprint density at radius 1 is 0.857 bits per heavy atom. The first-order valence-corrected chi connectivity index (χ1v) is 13.0. The number of hydrogen-bond donors (Lipinski definition) is 1. The summed E-state index contributed by atoms with van der Waals surface area (Å²) in [5, 5.41) is 11.3. The fourth-order valence-electron chi connectivity index (χ4n) is 9.28. The van der Waals surface area contributed by atoms with Gasteiger partial charge in [-0.25, -0.2) is 0 Å². The molecule has 0 aromatic heterocycles. The Balaban J connectivity index is 1.50. The molecule has 1 heteroatoms. The molecule has 162 valence electrons. The Labute approximate surface area is 175 Å². The highest BCUT2D eigenvalue weighted by Gasteiger charge is 2.62. The minimum absolute atomic E-state index is 0.0132. The van der Waals surface area contributed by atoms with Crippen LogP contribution in [0.1, 0.15) is 112 Å². The van der Waals surface area contributed by atoms with E-state index in [0.29, 0.717) is 16.7 Å². The van der Waals surface area contributed by atoms with Gasteiger partial charge < -0.3 is 5.11 Å². The maximum absolute atomic E-state index is 11.3. The Bertz CT molecular complexity index is 540. The molecular weight excluding hydrogens is 340 g/mol. The van der Waals surface area contributed by atoms with E-state index in [9.17, 15) is 5.11 Å². The second-order valence-electron chi connectivity index (χ2n) is 12.6. The van der Waals surface area contributed by atoms with Crippen LogP contribution in [0.3, 0.4) is 0 Å². The summed E-state index contributed by atoms with van der Waals surface area (Å²) in [6.07, 6.45) is 16.6. The van der Waals surface area contributed by atoms with Gasteiger partial charge in [-0.15, -0.1) is 0 Å². The lowest BCUT2D eigenvalue weighted by atomic mass is 9.44. The standard InChI is InChI=1S/C27H48O/c1-18(2)9-8-10-19(3)21-12-13-22-25-23(14-16-27(21,22)5)26(4)15-7-6-11-20(26)17-24(25)28/h18-25,28H,6-17H2,1-5H3/t19-,20?,21-,22+,23+,24?,25+,26+,27-/m1/s1. The summed E-state index contributed by atoms with van der Waals surface area (Å²) in [6, 6.07) is 0. The van der Waals surface area contributed by atoms with Crippen LogP contribution < -0.4 is 0 Å². The van der Waals surface area contributed by atoms with Crippen molar-refractivity contribution >= 4 is 0 Å². The summed E-state index contributed by atoms with van der Waals surface area (Å²) < 4.78 is 0. The van der Waals surface area contributed by atoms with E-state index in [1.165, 1.54) is 70.6 Å². The molecule has 0 spiro atoms.